The van der Waals surface area contributed by atoms with Crippen LogP contribution in [0.5, 0.6) is 23.3 Å². The molecule has 1 amide bonds. The first kappa shape index (κ1) is 37.7. The van der Waals surface area contributed by atoms with Gasteiger partial charge in [0.05, 0.1) is 25.5 Å². The Kier molecular flexibility index (Phi) is 10.3. The number of benzene rings is 2. The number of hydrogen-bond acceptors (Lipinski definition) is 9. The monoisotopic (exact) mass is 758 g/mol. The number of carbonyl (C=O) groups excluding carboxylic acids is 1. The van der Waals surface area contributed by atoms with Gasteiger partial charge in [-0.2, -0.15) is 0 Å². The topological polar surface area (TPSA) is 106 Å². The molecule has 56 heavy (non-hydrogen) atoms. The van der Waals surface area contributed by atoms with Gasteiger partial charge in [-0.1, -0.05) is 44.7 Å². The molecule has 1 saturated carbocycles. The van der Waals surface area contributed by atoms with Crippen molar-refractivity contribution in [3.05, 3.63) is 113 Å². The van der Waals surface area contributed by atoms with Crippen LogP contribution >= 0.6 is 0 Å². The van der Waals surface area contributed by atoms with Gasteiger partial charge in [-0.05, 0) is 89.6 Å². The highest BCUT2D eigenvalue weighted by atomic mass is 19.1. The maximum atomic E-state index is 14.7. The van der Waals surface area contributed by atoms with E-state index in [1.807, 2.05) is 24.4 Å². The van der Waals surface area contributed by atoms with E-state index < -0.39 is 11.7 Å². The number of aromatic nitrogens is 2. The van der Waals surface area contributed by atoms with Crippen molar-refractivity contribution in [1.29, 1.82) is 0 Å². The Morgan fingerprint density at radius 2 is 1.79 bits per heavy atom. The van der Waals surface area contributed by atoms with Crippen LogP contribution in [0.1, 0.15) is 89.8 Å². The van der Waals surface area contributed by atoms with E-state index in [9.17, 15) is 9.18 Å². The fraction of sp³-hybridized carbons (Fsp3) is 0.400. The second-order valence-corrected chi connectivity index (χ2v) is 16.1. The Morgan fingerprint density at radius 1 is 1.00 bits per heavy atom. The molecule has 2 aromatic carbocycles. The second-order valence-electron chi connectivity index (χ2n) is 16.1. The number of methoxy groups -OCH3 is 2. The number of ether oxygens (including phenoxy) is 3. The summed E-state index contributed by atoms with van der Waals surface area (Å²) in [4.78, 5) is 29.0. The number of piperazine rings is 1. The minimum absolute atomic E-state index is 0.166. The van der Waals surface area contributed by atoms with Gasteiger partial charge in [0.1, 0.15) is 11.6 Å². The zero-order valence-corrected chi connectivity index (χ0v) is 32.8. The Morgan fingerprint density at radius 3 is 2.52 bits per heavy atom. The van der Waals surface area contributed by atoms with Gasteiger partial charge in [-0.3, -0.25) is 14.6 Å². The molecule has 2 saturated heterocycles. The predicted molar refractivity (Wildman–Crippen MR) is 217 cm³/mol. The number of anilines is 1. The van der Waals surface area contributed by atoms with Crippen LogP contribution in [0.25, 0.3) is 11.4 Å². The molecule has 10 nitrogen and oxygen atoms in total. The molecule has 1 spiro atoms. The van der Waals surface area contributed by atoms with Crippen LogP contribution in [0.15, 0.2) is 79.5 Å². The smallest absolute Gasteiger partial charge is 0.258 e. The number of amides is 1. The number of carbonyl (C=O) groups is 1. The Bertz CT molecular complexity index is 2170. The molecule has 292 valence electrons. The van der Waals surface area contributed by atoms with Gasteiger partial charge < -0.3 is 24.8 Å². The van der Waals surface area contributed by atoms with Crippen molar-refractivity contribution in [2.75, 3.05) is 51.8 Å². The number of nitrogens with two attached hydrogens (primary N) is 1. The van der Waals surface area contributed by atoms with Crippen LogP contribution in [0.3, 0.4) is 0 Å². The molecule has 8 rings (SSSR count). The maximum Gasteiger partial charge on any atom is 0.258 e. The highest BCUT2D eigenvalue weighted by molar-refractivity contribution is 5.96. The Hall–Kier alpha value is -5.26. The van der Waals surface area contributed by atoms with Gasteiger partial charge in [0.25, 0.3) is 11.8 Å². The predicted octanol–water partition coefficient (Wildman–Crippen LogP) is 8.15. The molecule has 11 heteroatoms. The molecule has 3 fully saturated rings. The van der Waals surface area contributed by atoms with Crippen LogP contribution in [0.2, 0.25) is 0 Å². The van der Waals surface area contributed by atoms with Crippen molar-refractivity contribution < 1.29 is 23.4 Å². The van der Waals surface area contributed by atoms with Gasteiger partial charge >= 0.3 is 0 Å². The molecular weight excluding hydrogens is 708 g/mol. The van der Waals surface area contributed by atoms with Crippen LogP contribution in [-0.2, 0) is 6.54 Å². The average Bonchev–Trinajstić information content (AvgIpc) is 3.47. The van der Waals surface area contributed by atoms with E-state index in [4.69, 9.17) is 19.9 Å². The standard InChI is InChI=1S/C45H51FN6O4/c1-28(2)33-8-6-7-9-34(33)38-27-50(26-30-12-15-48-41(21-30)54-4)18-19-52(38)32-24-45(25-32)13-16-51(17-14-45)31-10-11-35(43(47)53)39(22-31)56-40-23-36-37(46)20-29(3)42(36)49-44(40)55-5/h6-12,15,20-23,28,32,38H,3,13-14,16-19,24-27H2,1-2,4-5H3,(H2,47,53). The molecule has 4 aromatic rings. The van der Waals surface area contributed by atoms with Crippen LogP contribution in [-0.4, -0.2) is 78.7 Å². The zero-order valence-electron chi connectivity index (χ0n) is 32.8. The quantitative estimate of drug-likeness (QED) is 0.162. The van der Waals surface area contributed by atoms with E-state index in [-0.39, 0.29) is 28.5 Å². The summed E-state index contributed by atoms with van der Waals surface area (Å²) in [6, 6.07) is 21.0. The lowest BCUT2D eigenvalue weighted by Crippen LogP contribution is -2.60. The van der Waals surface area contributed by atoms with Crippen molar-refractivity contribution >= 4 is 23.0 Å². The first-order valence-corrected chi connectivity index (χ1v) is 19.6. The lowest BCUT2D eigenvalue weighted by Gasteiger charge is -2.58. The number of allylic oxidation sites excluding steroid dienone is 2. The molecule has 1 atom stereocenters. The summed E-state index contributed by atoms with van der Waals surface area (Å²) in [6.45, 7) is 14.2. The maximum absolute atomic E-state index is 14.7. The number of rotatable bonds is 11. The van der Waals surface area contributed by atoms with Crippen molar-refractivity contribution in [2.45, 2.75) is 64.1 Å². The molecule has 2 aromatic heterocycles. The van der Waals surface area contributed by atoms with Crippen LogP contribution < -0.4 is 24.8 Å². The third-order valence-corrected chi connectivity index (χ3v) is 12.4. The van der Waals surface area contributed by atoms with Crippen molar-refractivity contribution in [3.63, 3.8) is 0 Å². The molecule has 2 N–H and O–H groups in total. The highest BCUT2D eigenvalue weighted by Crippen LogP contribution is 2.53. The number of nitrogens with zero attached hydrogens (tertiary/aromatic N) is 5. The van der Waals surface area contributed by atoms with E-state index >= 15 is 0 Å². The summed E-state index contributed by atoms with van der Waals surface area (Å²) in [5.74, 6) is 0.658. The molecule has 4 aliphatic rings. The number of fused-ring (bicyclic) bond motifs is 1. The fourth-order valence-corrected chi connectivity index (χ4v) is 9.33. The van der Waals surface area contributed by atoms with E-state index in [0.29, 0.717) is 40.6 Å². The molecule has 0 radical (unpaired) electrons. The van der Waals surface area contributed by atoms with Gasteiger partial charge in [0, 0.05) is 80.9 Å². The van der Waals surface area contributed by atoms with Gasteiger partial charge in [-0.15, -0.1) is 0 Å². The second kappa shape index (κ2) is 15.3. The summed E-state index contributed by atoms with van der Waals surface area (Å²) in [5.41, 5.74) is 12.5. The normalized spacial score (nSPS) is 19.8. The fourth-order valence-electron chi connectivity index (χ4n) is 9.33. The average molecular weight is 759 g/mol. The molecule has 4 heterocycles. The van der Waals surface area contributed by atoms with Gasteiger partial charge in [0.15, 0.2) is 5.75 Å². The highest BCUT2D eigenvalue weighted by Gasteiger charge is 2.50. The number of pyridine rings is 2. The van der Waals surface area contributed by atoms with E-state index in [1.54, 1.807) is 13.2 Å². The molecular formula is C45H51FN6O4. The summed E-state index contributed by atoms with van der Waals surface area (Å²) < 4.78 is 31.8. The van der Waals surface area contributed by atoms with E-state index in [1.165, 1.54) is 48.8 Å². The third-order valence-electron chi connectivity index (χ3n) is 12.4. The van der Waals surface area contributed by atoms with E-state index in [2.05, 4.69) is 75.4 Å². The minimum atomic E-state index is -0.620. The van der Waals surface area contributed by atoms with Crippen molar-refractivity contribution in [1.82, 2.24) is 19.8 Å². The number of piperidine rings is 1. The molecule has 2 aliphatic heterocycles. The SMILES string of the molecule is C=C1C=C(F)c2cc(Oc3cc(N4CCC5(CC4)CC(N4CCN(Cc6ccnc(OC)c6)CC4c4ccccc4C(C)C)C5)ccc3C(N)=O)c(OC)nc21. The van der Waals surface area contributed by atoms with Crippen molar-refractivity contribution in [2.24, 2.45) is 11.1 Å². The lowest BCUT2D eigenvalue weighted by atomic mass is 9.59. The third kappa shape index (κ3) is 7.25. The first-order chi connectivity index (χ1) is 27.0. The van der Waals surface area contributed by atoms with Crippen LogP contribution in [0, 0.1) is 5.41 Å². The molecule has 1 unspecified atom stereocenters. The number of halogens is 1. The zero-order chi connectivity index (χ0) is 39.1. The summed E-state index contributed by atoms with van der Waals surface area (Å²) in [5, 5.41) is 0. The Labute approximate surface area is 328 Å². The summed E-state index contributed by atoms with van der Waals surface area (Å²) >= 11 is 0. The van der Waals surface area contributed by atoms with Gasteiger partial charge in [0.2, 0.25) is 5.88 Å². The van der Waals surface area contributed by atoms with E-state index in [0.717, 1.165) is 57.8 Å². The Balaban J connectivity index is 0.961. The molecule has 2 aliphatic carbocycles. The minimum Gasteiger partial charge on any atom is -0.481 e. The lowest BCUT2D eigenvalue weighted by molar-refractivity contribution is -0.0628. The summed E-state index contributed by atoms with van der Waals surface area (Å²) in [6.07, 6.45) is 7.73. The van der Waals surface area contributed by atoms with Gasteiger partial charge in [-0.25, -0.2) is 14.4 Å². The summed E-state index contributed by atoms with van der Waals surface area (Å²) in [7, 11) is 3.14. The number of hydrogen-bond donors (Lipinski definition) is 1. The molecule has 0 bridgehead atoms. The van der Waals surface area contributed by atoms with Crippen molar-refractivity contribution in [3.8, 4) is 23.3 Å². The number of primary amides is 1. The van der Waals surface area contributed by atoms with Crippen LogP contribution in [0.4, 0.5) is 10.1 Å². The first-order valence-electron chi connectivity index (χ1n) is 19.6. The largest absolute Gasteiger partial charge is 0.481 e.